The van der Waals surface area contributed by atoms with Crippen molar-refractivity contribution in [3.05, 3.63) is 10.6 Å². The Morgan fingerprint density at radius 1 is 1.43 bits per heavy atom. The Kier molecular flexibility index (Phi) is 6.49. The van der Waals surface area contributed by atoms with Crippen molar-refractivity contribution in [2.45, 2.75) is 59.9 Å². The fraction of sp³-hybridized carbons (Fsp3) is 0.824. The third-order valence-corrected chi connectivity index (χ3v) is 5.18. The standard InChI is InChI=1S/C17H31N3S/c1-5-7-15-16(11-18-10-13(2)3)21-17(19-15)20-9-6-8-14(4)12-20/h13-14,18H,5-12H2,1-4H3. The number of anilines is 1. The highest BCUT2D eigenvalue weighted by Gasteiger charge is 2.21. The van der Waals surface area contributed by atoms with Crippen molar-refractivity contribution in [1.82, 2.24) is 10.3 Å². The number of hydrogen-bond acceptors (Lipinski definition) is 4. The normalized spacial score (nSPS) is 19.5. The van der Waals surface area contributed by atoms with Gasteiger partial charge in [-0.3, -0.25) is 0 Å². The average Bonchev–Trinajstić information content (AvgIpc) is 2.82. The molecule has 1 aliphatic rings. The number of thiazole rings is 1. The summed E-state index contributed by atoms with van der Waals surface area (Å²) in [6.07, 6.45) is 4.96. The zero-order valence-electron chi connectivity index (χ0n) is 14.1. The SMILES string of the molecule is CCCc1nc(N2CCCC(C)C2)sc1CNCC(C)C. The minimum atomic E-state index is 0.704. The molecule has 1 atom stereocenters. The van der Waals surface area contributed by atoms with E-state index < -0.39 is 0 Å². The van der Waals surface area contributed by atoms with Gasteiger partial charge in [-0.15, -0.1) is 11.3 Å². The Hall–Kier alpha value is -0.610. The van der Waals surface area contributed by atoms with Crippen molar-refractivity contribution in [2.24, 2.45) is 11.8 Å². The highest BCUT2D eigenvalue weighted by atomic mass is 32.1. The van der Waals surface area contributed by atoms with Gasteiger partial charge in [0.25, 0.3) is 0 Å². The molecule has 1 aromatic heterocycles. The first-order valence-electron chi connectivity index (χ1n) is 8.54. The summed E-state index contributed by atoms with van der Waals surface area (Å²) in [5, 5.41) is 4.83. The van der Waals surface area contributed by atoms with Gasteiger partial charge < -0.3 is 10.2 Å². The minimum absolute atomic E-state index is 0.704. The van der Waals surface area contributed by atoms with Gasteiger partial charge in [0, 0.05) is 24.5 Å². The van der Waals surface area contributed by atoms with Crippen LogP contribution >= 0.6 is 11.3 Å². The summed E-state index contributed by atoms with van der Waals surface area (Å²) in [7, 11) is 0. The van der Waals surface area contributed by atoms with E-state index in [1.165, 1.54) is 48.1 Å². The van der Waals surface area contributed by atoms with E-state index in [0.717, 1.165) is 25.4 Å². The molecular weight excluding hydrogens is 278 g/mol. The molecule has 0 aliphatic carbocycles. The van der Waals surface area contributed by atoms with Gasteiger partial charge in [0.05, 0.1) is 5.69 Å². The third-order valence-electron chi connectivity index (χ3n) is 4.02. The maximum Gasteiger partial charge on any atom is 0.185 e. The van der Waals surface area contributed by atoms with E-state index in [1.807, 2.05) is 11.3 Å². The monoisotopic (exact) mass is 309 g/mol. The van der Waals surface area contributed by atoms with Crippen molar-refractivity contribution in [3.8, 4) is 0 Å². The molecule has 3 nitrogen and oxygen atoms in total. The molecule has 0 saturated carbocycles. The van der Waals surface area contributed by atoms with E-state index in [9.17, 15) is 0 Å². The molecular formula is C17H31N3S. The lowest BCUT2D eigenvalue weighted by Crippen LogP contribution is -2.34. The zero-order valence-corrected chi connectivity index (χ0v) is 14.9. The number of piperidine rings is 1. The second kappa shape index (κ2) is 8.14. The van der Waals surface area contributed by atoms with Crippen LogP contribution in [0.5, 0.6) is 0 Å². The van der Waals surface area contributed by atoms with Gasteiger partial charge in [0.1, 0.15) is 0 Å². The third kappa shape index (κ3) is 4.96. The lowest BCUT2D eigenvalue weighted by atomic mass is 10.0. The topological polar surface area (TPSA) is 28.2 Å². The maximum absolute atomic E-state index is 4.96. The Bertz CT molecular complexity index is 428. The van der Waals surface area contributed by atoms with Crippen LogP contribution in [0.1, 0.15) is 57.5 Å². The van der Waals surface area contributed by atoms with E-state index in [4.69, 9.17) is 4.98 Å². The molecule has 1 unspecified atom stereocenters. The van der Waals surface area contributed by atoms with Gasteiger partial charge in [-0.25, -0.2) is 4.98 Å². The minimum Gasteiger partial charge on any atom is -0.348 e. The molecule has 0 amide bonds. The molecule has 1 fully saturated rings. The average molecular weight is 310 g/mol. The zero-order chi connectivity index (χ0) is 15.2. The molecule has 4 heteroatoms. The molecule has 0 bridgehead atoms. The van der Waals surface area contributed by atoms with E-state index in [1.54, 1.807) is 0 Å². The van der Waals surface area contributed by atoms with Crippen LogP contribution in [-0.2, 0) is 13.0 Å². The van der Waals surface area contributed by atoms with Crippen LogP contribution in [0, 0.1) is 11.8 Å². The van der Waals surface area contributed by atoms with Gasteiger partial charge >= 0.3 is 0 Å². The summed E-state index contributed by atoms with van der Waals surface area (Å²) >= 11 is 1.91. The van der Waals surface area contributed by atoms with E-state index in [-0.39, 0.29) is 0 Å². The molecule has 21 heavy (non-hydrogen) atoms. The molecule has 2 heterocycles. The molecule has 1 N–H and O–H groups in total. The first-order chi connectivity index (χ1) is 10.1. The lowest BCUT2D eigenvalue weighted by Gasteiger charge is -2.30. The molecule has 120 valence electrons. The van der Waals surface area contributed by atoms with Gasteiger partial charge in [0.2, 0.25) is 0 Å². The second-order valence-corrected chi connectivity index (χ2v) is 7.90. The maximum atomic E-state index is 4.96. The second-order valence-electron chi connectivity index (χ2n) is 6.83. The first kappa shape index (κ1) is 16.8. The van der Waals surface area contributed by atoms with Crippen molar-refractivity contribution in [1.29, 1.82) is 0 Å². The molecule has 1 aromatic rings. The molecule has 0 spiro atoms. The van der Waals surface area contributed by atoms with Crippen molar-refractivity contribution in [3.63, 3.8) is 0 Å². The smallest absolute Gasteiger partial charge is 0.185 e. The Morgan fingerprint density at radius 3 is 2.90 bits per heavy atom. The fourth-order valence-corrected chi connectivity index (χ4v) is 4.02. The van der Waals surface area contributed by atoms with Crippen LogP contribution < -0.4 is 10.2 Å². The molecule has 0 aromatic carbocycles. The number of aromatic nitrogens is 1. The number of rotatable bonds is 7. The fourth-order valence-electron chi connectivity index (χ4n) is 2.91. The highest BCUT2D eigenvalue weighted by Crippen LogP contribution is 2.30. The number of nitrogens with zero attached hydrogens (tertiary/aromatic N) is 2. The van der Waals surface area contributed by atoms with E-state index in [0.29, 0.717) is 5.92 Å². The van der Waals surface area contributed by atoms with E-state index >= 15 is 0 Å². The van der Waals surface area contributed by atoms with Gasteiger partial charge in [-0.1, -0.05) is 34.1 Å². The number of nitrogens with one attached hydrogen (secondary N) is 1. The highest BCUT2D eigenvalue weighted by molar-refractivity contribution is 7.15. The van der Waals surface area contributed by atoms with Crippen LogP contribution in [0.25, 0.3) is 0 Å². The van der Waals surface area contributed by atoms with Crippen LogP contribution in [0.2, 0.25) is 0 Å². The van der Waals surface area contributed by atoms with Crippen molar-refractivity contribution >= 4 is 16.5 Å². The Morgan fingerprint density at radius 2 is 2.24 bits per heavy atom. The molecule has 1 aliphatic heterocycles. The summed E-state index contributed by atoms with van der Waals surface area (Å²) in [5.41, 5.74) is 1.33. The molecule has 2 rings (SSSR count). The quantitative estimate of drug-likeness (QED) is 0.822. The summed E-state index contributed by atoms with van der Waals surface area (Å²) in [4.78, 5) is 8.91. The van der Waals surface area contributed by atoms with Crippen LogP contribution in [0.4, 0.5) is 5.13 Å². The number of hydrogen-bond donors (Lipinski definition) is 1. The lowest BCUT2D eigenvalue weighted by molar-refractivity contribution is 0.446. The largest absolute Gasteiger partial charge is 0.348 e. The van der Waals surface area contributed by atoms with Crippen LogP contribution in [0.15, 0.2) is 0 Å². The van der Waals surface area contributed by atoms with Gasteiger partial charge in [0.15, 0.2) is 5.13 Å². The van der Waals surface area contributed by atoms with Crippen molar-refractivity contribution in [2.75, 3.05) is 24.5 Å². The first-order valence-corrected chi connectivity index (χ1v) is 9.36. The van der Waals surface area contributed by atoms with Gasteiger partial charge in [-0.2, -0.15) is 0 Å². The summed E-state index contributed by atoms with van der Waals surface area (Å²) in [6, 6.07) is 0. The summed E-state index contributed by atoms with van der Waals surface area (Å²) in [5.74, 6) is 1.51. The predicted octanol–water partition coefficient (Wildman–Crippen LogP) is 4.08. The van der Waals surface area contributed by atoms with E-state index in [2.05, 4.69) is 37.9 Å². The van der Waals surface area contributed by atoms with Crippen molar-refractivity contribution < 1.29 is 0 Å². The van der Waals surface area contributed by atoms with Gasteiger partial charge in [-0.05, 0) is 37.6 Å². The summed E-state index contributed by atoms with van der Waals surface area (Å²) < 4.78 is 0. The summed E-state index contributed by atoms with van der Waals surface area (Å²) in [6.45, 7) is 13.5. The van der Waals surface area contributed by atoms with Crippen LogP contribution in [-0.4, -0.2) is 24.6 Å². The molecule has 0 radical (unpaired) electrons. The Labute approximate surface area is 134 Å². The Balaban J connectivity index is 2.04. The molecule has 1 saturated heterocycles. The number of aryl methyl sites for hydroxylation is 1. The predicted molar refractivity (Wildman–Crippen MR) is 93.3 cm³/mol. The van der Waals surface area contributed by atoms with Crippen LogP contribution in [0.3, 0.4) is 0 Å².